The van der Waals surface area contributed by atoms with Crippen molar-refractivity contribution in [3.05, 3.63) is 230 Å². The molecule has 2 heterocycles. The summed E-state index contributed by atoms with van der Waals surface area (Å²) in [6.45, 7) is 2.16. The molecule has 0 aliphatic heterocycles. The van der Waals surface area contributed by atoms with Gasteiger partial charge in [0.05, 0.1) is 0 Å². The number of hydrogen-bond donors (Lipinski definition) is 0. The molecule has 8 aromatic carbocycles. The van der Waals surface area contributed by atoms with Crippen molar-refractivity contribution < 1.29 is 24.5 Å². The van der Waals surface area contributed by atoms with Gasteiger partial charge in [-0.3, -0.25) is 4.39 Å². The molecule has 10 aromatic rings. The van der Waals surface area contributed by atoms with Crippen LogP contribution in [0, 0.1) is 24.9 Å². The van der Waals surface area contributed by atoms with Gasteiger partial charge in [0.1, 0.15) is 0 Å². The van der Waals surface area contributed by atoms with E-state index < -0.39 is 0 Å². The van der Waals surface area contributed by atoms with Crippen LogP contribution in [0.2, 0.25) is 0 Å². The molecule has 10 rings (SSSR count). The van der Waals surface area contributed by atoms with Crippen molar-refractivity contribution in [1.29, 1.82) is 0 Å². The van der Waals surface area contributed by atoms with Gasteiger partial charge >= 0.3 is 0 Å². The van der Waals surface area contributed by atoms with Crippen molar-refractivity contribution in [1.82, 2.24) is 9.97 Å². The standard InChI is InChI=1S/C57H37FN2.Ir/c1-38-31-47(51-16-8-7-15-50(51)46-27-30-56(59-36-46)43-25-28-49(58)29-26-43)34-48(32-38)52-17-9-10-18-53(52)55-37-60-57(42-12-3-2-4-13-42)35-54(55)41-22-19-40(20-23-41)45-24-21-39-11-5-6-14-44(39)33-45;/h2-12,14-25,27-37H,1H3;/q-2;. The van der Waals surface area contributed by atoms with Crippen LogP contribution >= 0.6 is 0 Å². The van der Waals surface area contributed by atoms with Gasteiger partial charge < -0.3 is 9.97 Å². The molecule has 0 unspecified atom stereocenters. The summed E-state index contributed by atoms with van der Waals surface area (Å²) in [4.78, 5) is 9.79. The second-order valence-electron chi connectivity index (χ2n) is 15.1. The summed E-state index contributed by atoms with van der Waals surface area (Å²) < 4.78 is 13.6. The van der Waals surface area contributed by atoms with Crippen molar-refractivity contribution in [2.24, 2.45) is 0 Å². The van der Waals surface area contributed by atoms with Crippen LogP contribution in [0.3, 0.4) is 0 Å². The Balaban J connectivity index is 0.00000476. The molecule has 2 nitrogen and oxygen atoms in total. The number of nitrogens with zero attached hydrogens (tertiary/aromatic N) is 2. The maximum absolute atomic E-state index is 13.6. The van der Waals surface area contributed by atoms with Gasteiger partial charge in [-0.25, -0.2) is 0 Å². The van der Waals surface area contributed by atoms with Crippen LogP contribution in [-0.2, 0) is 20.1 Å². The Kier molecular flexibility index (Phi) is 11.1. The summed E-state index contributed by atoms with van der Waals surface area (Å²) in [6, 6.07) is 73.0. The summed E-state index contributed by atoms with van der Waals surface area (Å²) in [5.41, 5.74) is 17.7. The Morgan fingerprint density at radius 2 is 1.00 bits per heavy atom. The molecular formula is C57H37FIrN2-2. The molecule has 0 saturated heterocycles. The molecule has 2 aromatic heterocycles. The second-order valence-corrected chi connectivity index (χ2v) is 15.1. The molecular weight excluding hydrogens is 924 g/mol. The number of aromatic nitrogens is 2. The number of pyridine rings is 2. The van der Waals surface area contributed by atoms with Crippen molar-refractivity contribution >= 4 is 10.8 Å². The van der Waals surface area contributed by atoms with E-state index in [2.05, 4.69) is 171 Å². The minimum atomic E-state index is -0.316. The maximum Gasteiger partial charge on any atom is 0.0379 e. The third-order valence-corrected chi connectivity index (χ3v) is 11.1. The van der Waals surface area contributed by atoms with Crippen LogP contribution in [0.5, 0.6) is 0 Å². The summed E-state index contributed by atoms with van der Waals surface area (Å²) in [6.07, 6.45) is 3.91. The zero-order valence-electron chi connectivity index (χ0n) is 33.2. The molecule has 293 valence electrons. The number of halogens is 1. The molecule has 0 bridgehead atoms. The maximum atomic E-state index is 13.6. The SMILES string of the molecule is Cc1cc(-c2ccccc2-c2ccc(-c3[c-]cc(F)cc3)nc2)cc(-c2ccccc2-c2cnc(-c3[c-]cccc3)cc2-c2ccc(-c3ccc4ccccc4c3)cc2)c1.[Ir]. The van der Waals surface area contributed by atoms with Gasteiger partial charge in [-0.2, -0.15) is 0 Å². The summed E-state index contributed by atoms with van der Waals surface area (Å²) in [7, 11) is 0. The first-order valence-corrected chi connectivity index (χ1v) is 20.1. The van der Waals surface area contributed by atoms with E-state index in [-0.39, 0.29) is 25.9 Å². The molecule has 0 amide bonds. The summed E-state index contributed by atoms with van der Waals surface area (Å²) >= 11 is 0. The first-order chi connectivity index (χ1) is 29.5. The van der Waals surface area contributed by atoms with Crippen molar-refractivity contribution in [2.75, 3.05) is 0 Å². The van der Waals surface area contributed by atoms with Gasteiger partial charge in [-0.1, -0.05) is 140 Å². The predicted octanol–water partition coefficient (Wildman–Crippen LogP) is 15.0. The van der Waals surface area contributed by atoms with Gasteiger partial charge in [0.15, 0.2) is 0 Å². The van der Waals surface area contributed by atoms with Crippen LogP contribution in [0.1, 0.15) is 5.56 Å². The molecule has 0 aliphatic rings. The number of rotatable bonds is 8. The predicted molar refractivity (Wildman–Crippen MR) is 245 cm³/mol. The normalized spacial score (nSPS) is 11.0. The Labute approximate surface area is 369 Å². The topological polar surface area (TPSA) is 25.8 Å². The second kappa shape index (κ2) is 17.2. The molecule has 0 saturated carbocycles. The molecule has 1 radical (unpaired) electrons. The van der Waals surface area contributed by atoms with E-state index in [0.717, 1.165) is 83.7 Å². The zero-order chi connectivity index (χ0) is 40.4. The first kappa shape index (κ1) is 39.4. The number of benzene rings is 8. The number of aryl methyl sites for hydroxylation is 1. The van der Waals surface area contributed by atoms with E-state index in [0.29, 0.717) is 0 Å². The van der Waals surface area contributed by atoms with Crippen molar-refractivity contribution in [2.45, 2.75) is 6.92 Å². The van der Waals surface area contributed by atoms with Gasteiger partial charge in [0, 0.05) is 43.9 Å². The Hall–Kier alpha value is -7.10. The Morgan fingerprint density at radius 3 is 1.69 bits per heavy atom. The van der Waals surface area contributed by atoms with Crippen LogP contribution in [-0.4, -0.2) is 9.97 Å². The average molecular weight is 961 g/mol. The molecule has 0 aliphatic carbocycles. The van der Waals surface area contributed by atoms with Crippen molar-refractivity contribution in [3.8, 4) is 89.3 Å². The Morgan fingerprint density at radius 1 is 0.393 bits per heavy atom. The molecule has 4 heteroatoms. The Bertz CT molecular complexity index is 3140. The van der Waals surface area contributed by atoms with Gasteiger partial charge in [0.25, 0.3) is 0 Å². The molecule has 61 heavy (non-hydrogen) atoms. The first-order valence-electron chi connectivity index (χ1n) is 20.1. The van der Waals surface area contributed by atoms with Crippen LogP contribution in [0.25, 0.3) is 100 Å². The third-order valence-electron chi connectivity index (χ3n) is 11.1. The fourth-order valence-corrected chi connectivity index (χ4v) is 8.15. The third kappa shape index (κ3) is 8.12. The quantitative estimate of drug-likeness (QED) is 0.142. The monoisotopic (exact) mass is 961 g/mol. The van der Waals surface area contributed by atoms with Gasteiger partial charge in [-0.15, -0.1) is 65.7 Å². The van der Waals surface area contributed by atoms with E-state index in [1.807, 2.05) is 36.7 Å². The summed E-state index contributed by atoms with van der Waals surface area (Å²) in [5.74, 6) is -0.316. The van der Waals surface area contributed by atoms with E-state index in [1.165, 1.54) is 34.0 Å². The van der Waals surface area contributed by atoms with Gasteiger partial charge in [-0.05, 0) is 108 Å². The van der Waals surface area contributed by atoms with Crippen LogP contribution < -0.4 is 0 Å². The van der Waals surface area contributed by atoms with Crippen LogP contribution in [0.4, 0.5) is 4.39 Å². The molecule has 0 fully saturated rings. The molecule has 0 atom stereocenters. The van der Waals surface area contributed by atoms with Gasteiger partial charge in [0.2, 0.25) is 0 Å². The van der Waals surface area contributed by atoms with E-state index in [9.17, 15) is 4.39 Å². The largest absolute Gasteiger partial charge is 0.304 e. The number of hydrogen-bond acceptors (Lipinski definition) is 2. The zero-order valence-corrected chi connectivity index (χ0v) is 35.6. The van der Waals surface area contributed by atoms with E-state index in [1.54, 1.807) is 6.07 Å². The van der Waals surface area contributed by atoms with E-state index in [4.69, 9.17) is 9.97 Å². The average Bonchev–Trinajstić information content (AvgIpc) is 3.32. The minimum Gasteiger partial charge on any atom is -0.304 e. The van der Waals surface area contributed by atoms with Crippen molar-refractivity contribution in [3.63, 3.8) is 0 Å². The fourth-order valence-electron chi connectivity index (χ4n) is 8.15. The minimum absolute atomic E-state index is 0. The summed E-state index contributed by atoms with van der Waals surface area (Å²) in [5, 5.41) is 2.46. The fraction of sp³-hybridized carbons (Fsp3) is 0.0175. The molecule has 0 spiro atoms. The number of fused-ring (bicyclic) bond motifs is 1. The van der Waals surface area contributed by atoms with E-state index >= 15 is 0 Å². The molecule has 0 N–H and O–H groups in total. The van der Waals surface area contributed by atoms with Crippen LogP contribution in [0.15, 0.2) is 207 Å². The smallest absolute Gasteiger partial charge is 0.0379 e.